The van der Waals surface area contributed by atoms with Crippen molar-refractivity contribution < 1.29 is 9.13 Å². The maximum atomic E-state index is 12.8. The smallest absolute Gasteiger partial charge is 0.123 e. The Morgan fingerprint density at radius 2 is 1.61 bits per heavy atom. The minimum absolute atomic E-state index is 0.240. The van der Waals surface area contributed by atoms with Gasteiger partial charge in [-0.2, -0.15) is 0 Å². The lowest BCUT2D eigenvalue weighted by Gasteiger charge is -2.02. The third kappa shape index (κ3) is 2.94. The van der Waals surface area contributed by atoms with E-state index in [2.05, 4.69) is 4.99 Å². The molecule has 92 valence electrons. The summed E-state index contributed by atoms with van der Waals surface area (Å²) in [7, 11) is 1.63. The Hall–Kier alpha value is -2.16. The van der Waals surface area contributed by atoms with Crippen molar-refractivity contribution in [3.8, 4) is 5.75 Å². The van der Waals surface area contributed by atoms with E-state index < -0.39 is 0 Å². The molecule has 0 heterocycles. The van der Waals surface area contributed by atoms with Gasteiger partial charge in [-0.1, -0.05) is 12.1 Å². The van der Waals surface area contributed by atoms with E-state index in [1.807, 2.05) is 31.2 Å². The molecule has 3 heteroatoms. The van der Waals surface area contributed by atoms with Crippen molar-refractivity contribution in [3.05, 3.63) is 59.9 Å². The highest BCUT2D eigenvalue weighted by Crippen LogP contribution is 2.19. The number of hydrogen-bond donors (Lipinski definition) is 0. The molecule has 0 atom stereocenters. The lowest BCUT2D eigenvalue weighted by atomic mass is 10.1. The van der Waals surface area contributed by atoms with Gasteiger partial charge in [0.15, 0.2) is 0 Å². The predicted octanol–water partition coefficient (Wildman–Crippen LogP) is 3.98. The normalized spacial score (nSPS) is 11.4. The topological polar surface area (TPSA) is 21.6 Å². The first-order chi connectivity index (χ1) is 8.69. The van der Waals surface area contributed by atoms with Crippen LogP contribution >= 0.6 is 0 Å². The van der Waals surface area contributed by atoms with E-state index in [0.717, 1.165) is 22.7 Å². The van der Waals surface area contributed by atoms with Crippen molar-refractivity contribution in [1.29, 1.82) is 0 Å². The fourth-order valence-electron chi connectivity index (χ4n) is 1.61. The molecule has 0 bridgehead atoms. The quantitative estimate of drug-likeness (QED) is 0.747. The molecule has 2 aromatic rings. The SMILES string of the molecule is COc1ccc(N=C(C)c2ccc(F)cc2)cc1. The molecule has 0 saturated heterocycles. The Balaban J connectivity index is 2.23. The third-order valence-electron chi connectivity index (χ3n) is 2.63. The van der Waals surface area contributed by atoms with Crippen LogP contribution < -0.4 is 4.74 Å². The zero-order chi connectivity index (χ0) is 13.0. The van der Waals surface area contributed by atoms with E-state index in [9.17, 15) is 4.39 Å². The molecular formula is C15H14FNO. The van der Waals surface area contributed by atoms with Crippen molar-refractivity contribution in [1.82, 2.24) is 0 Å². The molecule has 18 heavy (non-hydrogen) atoms. The molecule has 0 N–H and O–H groups in total. The maximum Gasteiger partial charge on any atom is 0.123 e. The number of rotatable bonds is 3. The van der Waals surface area contributed by atoms with Crippen LogP contribution in [-0.2, 0) is 0 Å². The van der Waals surface area contributed by atoms with Crippen LogP contribution in [0.25, 0.3) is 0 Å². The van der Waals surface area contributed by atoms with Crippen LogP contribution in [-0.4, -0.2) is 12.8 Å². The lowest BCUT2D eigenvalue weighted by molar-refractivity contribution is 0.415. The monoisotopic (exact) mass is 243 g/mol. The number of methoxy groups -OCH3 is 1. The zero-order valence-electron chi connectivity index (χ0n) is 10.4. The second-order valence-corrected chi connectivity index (χ2v) is 3.90. The van der Waals surface area contributed by atoms with Gasteiger partial charge in [0.05, 0.1) is 12.8 Å². The summed E-state index contributed by atoms with van der Waals surface area (Å²) in [6, 6.07) is 13.8. The maximum absolute atomic E-state index is 12.8. The summed E-state index contributed by atoms with van der Waals surface area (Å²) in [5.41, 5.74) is 2.60. The summed E-state index contributed by atoms with van der Waals surface area (Å²) in [5.74, 6) is 0.560. The van der Waals surface area contributed by atoms with E-state index in [-0.39, 0.29) is 5.82 Å². The number of ether oxygens (including phenoxy) is 1. The summed E-state index contributed by atoms with van der Waals surface area (Å²) in [6.45, 7) is 1.90. The Labute approximate surface area is 106 Å². The van der Waals surface area contributed by atoms with Crippen LogP contribution in [0.15, 0.2) is 53.5 Å². The summed E-state index contributed by atoms with van der Waals surface area (Å²) in [6.07, 6.45) is 0. The van der Waals surface area contributed by atoms with E-state index in [1.54, 1.807) is 19.2 Å². The van der Waals surface area contributed by atoms with Crippen LogP contribution in [0.1, 0.15) is 12.5 Å². The molecule has 2 aromatic carbocycles. The second kappa shape index (κ2) is 5.45. The van der Waals surface area contributed by atoms with E-state index >= 15 is 0 Å². The summed E-state index contributed by atoms with van der Waals surface area (Å²) >= 11 is 0. The Morgan fingerprint density at radius 3 is 2.17 bits per heavy atom. The molecule has 0 unspecified atom stereocenters. The van der Waals surface area contributed by atoms with Gasteiger partial charge < -0.3 is 4.74 Å². The Morgan fingerprint density at radius 1 is 1.00 bits per heavy atom. The molecule has 0 aliphatic carbocycles. The number of nitrogens with zero attached hydrogens (tertiary/aromatic N) is 1. The molecule has 0 radical (unpaired) electrons. The van der Waals surface area contributed by atoms with Crippen molar-refractivity contribution in [2.75, 3.05) is 7.11 Å². The first-order valence-electron chi connectivity index (χ1n) is 5.64. The molecular weight excluding hydrogens is 229 g/mol. The molecule has 2 nitrogen and oxygen atoms in total. The van der Waals surface area contributed by atoms with Crippen LogP contribution in [0.3, 0.4) is 0 Å². The first kappa shape index (κ1) is 12.3. The molecule has 0 spiro atoms. The van der Waals surface area contributed by atoms with Crippen LogP contribution in [0, 0.1) is 5.82 Å². The van der Waals surface area contributed by atoms with Crippen LogP contribution in [0.2, 0.25) is 0 Å². The number of hydrogen-bond acceptors (Lipinski definition) is 2. The lowest BCUT2D eigenvalue weighted by Crippen LogP contribution is -1.93. The first-order valence-corrected chi connectivity index (χ1v) is 5.64. The van der Waals surface area contributed by atoms with Gasteiger partial charge in [-0.3, -0.25) is 4.99 Å². The minimum atomic E-state index is -0.240. The average Bonchev–Trinajstić information content (AvgIpc) is 2.40. The molecule has 0 aliphatic heterocycles. The Bertz CT molecular complexity index is 544. The number of halogens is 1. The predicted molar refractivity (Wildman–Crippen MR) is 71.3 cm³/mol. The summed E-state index contributed by atoms with van der Waals surface area (Å²) in [4.78, 5) is 4.47. The summed E-state index contributed by atoms with van der Waals surface area (Å²) < 4.78 is 17.9. The molecule has 0 fully saturated rings. The zero-order valence-corrected chi connectivity index (χ0v) is 10.4. The van der Waals surface area contributed by atoms with E-state index in [1.165, 1.54) is 12.1 Å². The van der Waals surface area contributed by atoms with Gasteiger partial charge in [-0.05, 0) is 48.9 Å². The van der Waals surface area contributed by atoms with Gasteiger partial charge in [0.25, 0.3) is 0 Å². The van der Waals surface area contributed by atoms with Gasteiger partial charge in [0.1, 0.15) is 11.6 Å². The van der Waals surface area contributed by atoms with Crippen molar-refractivity contribution >= 4 is 11.4 Å². The molecule has 0 aromatic heterocycles. The fourth-order valence-corrected chi connectivity index (χ4v) is 1.61. The number of benzene rings is 2. The van der Waals surface area contributed by atoms with Crippen molar-refractivity contribution in [2.24, 2.45) is 4.99 Å². The number of aliphatic imine (C=N–C) groups is 1. The van der Waals surface area contributed by atoms with Crippen LogP contribution in [0.4, 0.5) is 10.1 Å². The molecule has 0 amide bonds. The van der Waals surface area contributed by atoms with Gasteiger partial charge in [-0.25, -0.2) is 4.39 Å². The van der Waals surface area contributed by atoms with Gasteiger partial charge in [0, 0.05) is 5.71 Å². The fraction of sp³-hybridized carbons (Fsp3) is 0.133. The van der Waals surface area contributed by atoms with Crippen LogP contribution in [0.5, 0.6) is 5.75 Å². The Kier molecular flexibility index (Phi) is 3.72. The van der Waals surface area contributed by atoms with Crippen molar-refractivity contribution in [2.45, 2.75) is 6.92 Å². The van der Waals surface area contributed by atoms with E-state index in [4.69, 9.17) is 4.74 Å². The second-order valence-electron chi connectivity index (χ2n) is 3.90. The molecule has 2 rings (SSSR count). The van der Waals surface area contributed by atoms with Gasteiger partial charge in [-0.15, -0.1) is 0 Å². The van der Waals surface area contributed by atoms with Gasteiger partial charge in [0.2, 0.25) is 0 Å². The standard InChI is InChI=1S/C15H14FNO/c1-11(12-3-5-13(16)6-4-12)17-14-7-9-15(18-2)10-8-14/h3-10H,1-2H3. The largest absolute Gasteiger partial charge is 0.497 e. The highest BCUT2D eigenvalue weighted by molar-refractivity contribution is 6.00. The average molecular weight is 243 g/mol. The molecule has 0 aliphatic rings. The third-order valence-corrected chi connectivity index (χ3v) is 2.63. The van der Waals surface area contributed by atoms with E-state index in [0.29, 0.717) is 0 Å². The van der Waals surface area contributed by atoms with Crippen molar-refractivity contribution in [3.63, 3.8) is 0 Å². The highest BCUT2D eigenvalue weighted by Gasteiger charge is 1.99. The molecule has 0 saturated carbocycles. The summed E-state index contributed by atoms with van der Waals surface area (Å²) in [5, 5.41) is 0. The minimum Gasteiger partial charge on any atom is -0.497 e. The highest BCUT2D eigenvalue weighted by atomic mass is 19.1. The van der Waals surface area contributed by atoms with Gasteiger partial charge >= 0.3 is 0 Å².